The van der Waals surface area contributed by atoms with Crippen molar-refractivity contribution in [3.63, 3.8) is 0 Å². The van der Waals surface area contributed by atoms with Gasteiger partial charge in [-0.2, -0.15) is 0 Å². The molecule has 0 spiro atoms. The topological polar surface area (TPSA) is 3.24 Å². The van der Waals surface area contributed by atoms with Gasteiger partial charge in [-0.25, -0.2) is 4.39 Å². The molecule has 1 aromatic carbocycles. The minimum atomic E-state index is -0.189. The van der Waals surface area contributed by atoms with Crippen LogP contribution in [0, 0.1) is 17.2 Å². The molecule has 1 fully saturated rings. The summed E-state index contributed by atoms with van der Waals surface area (Å²) in [7, 11) is 0. The Morgan fingerprint density at radius 1 is 1.21 bits per heavy atom. The van der Waals surface area contributed by atoms with Crippen molar-refractivity contribution in [2.45, 2.75) is 39.5 Å². The molecular weight excluding hydrogens is 261 g/mol. The van der Waals surface area contributed by atoms with Gasteiger partial charge in [0.1, 0.15) is 5.82 Å². The summed E-state index contributed by atoms with van der Waals surface area (Å²) in [6.07, 6.45) is 2.35. The van der Waals surface area contributed by atoms with Crippen LogP contribution in [0.2, 0.25) is 0 Å². The van der Waals surface area contributed by atoms with Crippen LogP contribution in [0.4, 0.5) is 10.1 Å². The SMILES string of the molecule is CC(C)(C)C1CCN(c2cc(F)cc(CCl)c2)CC1. The lowest BCUT2D eigenvalue weighted by Gasteiger charge is -2.39. The van der Waals surface area contributed by atoms with Gasteiger partial charge in [-0.3, -0.25) is 0 Å². The van der Waals surface area contributed by atoms with Crippen LogP contribution >= 0.6 is 11.6 Å². The zero-order valence-electron chi connectivity index (χ0n) is 12.0. The third-order valence-electron chi connectivity index (χ3n) is 4.18. The van der Waals surface area contributed by atoms with Crippen LogP contribution in [0.15, 0.2) is 18.2 Å². The molecule has 19 heavy (non-hydrogen) atoms. The van der Waals surface area contributed by atoms with Crippen LogP contribution in [0.5, 0.6) is 0 Å². The molecule has 0 amide bonds. The minimum absolute atomic E-state index is 0.189. The number of hydrogen-bond acceptors (Lipinski definition) is 1. The van der Waals surface area contributed by atoms with E-state index >= 15 is 0 Å². The third kappa shape index (κ3) is 3.62. The van der Waals surface area contributed by atoms with Gasteiger partial charge in [0.15, 0.2) is 0 Å². The molecule has 0 unspecified atom stereocenters. The maximum atomic E-state index is 13.6. The summed E-state index contributed by atoms with van der Waals surface area (Å²) >= 11 is 5.81. The standard InChI is InChI=1S/C16H23ClFN/c1-16(2,3)13-4-6-19(7-5-13)15-9-12(11-17)8-14(18)10-15/h8-10,13H,4-7,11H2,1-3H3. The Kier molecular flexibility index (Phi) is 4.39. The van der Waals surface area contributed by atoms with E-state index in [-0.39, 0.29) is 5.82 Å². The Hall–Kier alpha value is -0.760. The Bertz CT molecular complexity index is 431. The number of halogens is 2. The van der Waals surface area contributed by atoms with Crippen molar-refractivity contribution in [2.75, 3.05) is 18.0 Å². The van der Waals surface area contributed by atoms with Crippen molar-refractivity contribution in [3.8, 4) is 0 Å². The van der Waals surface area contributed by atoms with E-state index in [2.05, 4.69) is 25.7 Å². The molecular formula is C16H23ClFN. The molecule has 0 aliphatic carbocycles. The van der Waals surface area contributed by atoms with E-state index in [4.69, 9.17) is 11.6 Å². The fourth-order valence-corrected chi connectivity index (χ4v) is 3.05. The molecule has 0 saturated carbocycles. The summed E-state index contributed by atoms with van der Waals surface area (Å²) in [6.45, 7) is 8.93. The zero-order chi connectivity index (χ0) is 14.0. The number of benzene rings is 1. The lowest BCUT2D eigenvalue weighted by molar-refractivity contribution is 0.199. The summed E-state index contributed by atoms with van der Waals surface area (Å²) in [5, 5.41) is 0. The largest absolute Gasteiger partial charge is 0.371 e. The van der Waals surface area contributed by atoms with Gasteiger partial charge in [-0.15, -0.1) is 11.6 Å². The molecule has 1 nitrogen and oxygen atoms in total. The Morgan fingerprint density at radius 3 is 2.37 bits per heavy atom. The summed E-state index contributed by atoms with van der Waals surface area (Å²) in [6, 6.07) is 5.14. The molecule has 1 heterocycles. The van der Waals surface area contributed by atoms with E-state index in [0.29, 0.717) is 11.3 Å². The summed E-state index contributed by atoms with van der Waals surface area (Å²) in [5.74, 6) is 0.930. The molecule has 1 aliphatic rings. The van der Waals surface area contributed by atoms with Gasteiger partial charge < -0.3 is 4.90 Å². The Balaban J connectivity index is 2.07. The number of rotatable bonds is 2. The fourth-order valence-electron chi connectivity index (χ4n) is 2.90. The van der Waals surface area contributed by atoms with Crippen LogP contribution in [0.25, 0.3) is 0 Å². The molecule has 1 aliphatic heterocycles. The normalized spacial score (nSPS) is 17.8. The highest BCUT2D eigenvalue weighted by atomic mass is 35.5. The van der Waals surface area contributed by atoms with Crippen LogP contribution in [-0.4, -0.2) is 13.1 Å². The number of nitrogens with zero attached hydrogens (tertiary/aromatic N) is 1. The second kappa shape index (κ2) is 5.70. The highest BCUT2D eigenvalue weighted by Crippen LogP contribution is 2.35. The molecule has 1 saturated heterocycles. The molecule has 0 N–H and O–H groups in total. The smallest absolute Gasteiger partial charge is 0.125 e. The molecule has 106 valence electrons. The predicted octanol–water partition coefficient (Wildman–Crippen LogP) is 4.83. The quantitative estimate of drug-likeness (QED) is 0.703. The second-order valence-corrected chi connectivity index (χ2v) is 6.85. The first kappa shape index (κ1) is 14.6. The summed E-state index contributed by atoms with van der Waals surface area (Å²) < 4.78 is 13.6. The van der Waals surface area contributed by atoms with E-state index in [9.17, 15) is 4.39 Å². The molecule has 0 bridgehead atoms. The number of alkyl halides is 1. The van der Waals surface area contributed by atoms with E-state index in [1.54, 1.807) is 6.07 Å². The lowest BCUT2D eigenvalue weighted by Crippen LogP contribution is -2.38. The van der Waals surface area contributed by atoms with Gasteiger partial charge in [0.25, 0.3) is 0 Å². The molecule has 1 aromatic rings. The predicted molar refractivity (Wildman–Crippen MR) is 80.3 cm³/mol. The highest BCUT2D eigenvalue weighted by molar-refractivity contribution is 6.17. The maximum absolute atomic E-state index is 13.6. The van der Waals surface area contributed by atoms with Gasteiger partial charge >= 0.3 is 0 Å². The Morgan fingerprint density at radius 2 is 1.84 bits per heavy atom. The van der Waals surface area contributed by atoms with Crippen LogP contribution in [0.3, 0.4) is 0 Å². The van der Waals surface area contributed by atoms with Crippen molar-refractivity contribution < 1.29 is 4.39 Å². The van der Waals surface area contributed by atoms with Crippen molar-refractivity contribution >= 4 is 17.3 Å². The highest BCUT2D eigenvalue weighted by Gasteiger charge is 2.28. The molecule has 0 radical (unpaired) electrons. The molecule has 0 atom stereocenters. The zero-order valence-corrected chi connectivity index (χ0v) is 12.8. The van der Waals surface area contributed by atoms with Gasteiger partial charge in [-0.05, 0) is 47.9 Å². The van der Waals surface area contributed by atoms with Gasteiger partial charge in [0.2, 0.25) is 0 Å². The second-order valence-electron chi connectivity index (χ2n) is 6.58. The van der Waals surface area contributed by atoms with Crippen LogP contribution < -0.4 is 4.90 Å². The maximum Gasteiger partial charge on any atom is 0.125 e. The van der Waals surface area contributed by atoms with Gasteiger partial charge in [0.05, 0.1) is 0 Å². The minimum Gasteiger partial charge on any atom is -0.371 e. The van der Waals surface area contributed by atoms with Crippen molar-refractivity contribution in [2.24, 2.45) is 11.3 Å². The van der Waals surface area contributed by atoms with Crippen molar-refractivity contribution in [3.05, 3.63) is 29.6 Å². The lowest BCUT2D eigenvalue weighted by atomic mass is 9.75. The molecule has 2 rings (SSSR count). The molecule has 3 heteroatoms. The number of anilines is 1. The summed E-state index contributed by atoms with van der Waals surface area (Å²) in [5.41, 5.74) is 2.20. The van der Waals surface area contributed by atoms with E-state index in [0.717, 1.165) is 30.3 Å². The van der Waals surface area contributed by atoms with Crippen LogP contribution in [-0.2, 0) is 5.88 Å². The first-order chi connectivity index (χ1) is 8.90. The van der Waals surface area contributed by atoms with Gasteiger partial charge in [0, 0.05) is 24.7 Å². The van der Waals surface area contributed by atoms with Crippen molar-refractivity contribution in [1.29, 1.82) is 0 Å². The average Bonchev–Trinajstić information content (AvgIpc) is 2.37. The summed E-state index contributed by atoms with van der Waals surface area (Å²) in [4.78, 5) is 2.28. The molecule has 0 aromatic heterocycles. The van der Waals surface area contributed by atoms with Gasteiger partial charge in [-0.1, -0.05) is 20.8 Å². The number of hydrogen-bond donors (Lipinski definition) is 0. The fraction of sp³-hybridized carbons (Fsp3) is 0.625. The first-order valence-corrected chi connectivity index (χ1v) is 7.54. The van der Waals surface area contributed by atoms with E-state index < -0.39 is 0 Å². The third-order valence-corrected chi connectivity index (χ3v) is 4.49. The monoisotopic (exact) mass is 283 g/mol. The van der Waals surface area contributed by atoms with Crippen LogP contribution in [0.1, 0.15) is 39.2 Å². The first-order valence-electron chi connectivity index (χ1n) is 7.00. The van der Waals surface area contributed by atoms with E-state index in [1.807, 2.05) is 6.07 Å². The van der Waals surface area contributed by atoms with E-state index in [1.165, 1.54) is 18.9 Å². The number of piperidine rings is 1. The average molecular weight is 284 g/mol. The van der Waals surface area contributed by atoms with Crippen molar-refractivity contribution in [1.82, 2.24) is 0 Å². The Labute approximate surface area is 120 Å².